The number of nitrogens with two attached hydrogens (primary N) is 1. The van der Waals surface area contributed by atoms with E-state index in [1.807, 2.05) is 48.5 Å². The highest BCUT2D eigenvalue weighted by atomic mass is 79.9. The third kappa shape index (κ3) is 2.31. The van der Waals surface area contributed by atoms with E-state index in [9.17, 15) is 4.79 Å². The number of primary amides is 1. The number of para-hydroxylation sites is 1. The van der Waals surface area contributed by atoms with Gasteiger partial charge in [-0.3, -0.25) is 4.79 Å². The summed E-state index contributed by atoms with van der Waals surface area (Å²) in [5.74, 6) is -0.399. The van der Waals surface area contributed by atoms with E-state index in [0.29, 0.717) is 12.1 Å². The van der Waals surface area contributed by atoms with Gasteiger partial charge in [-0.25, -0.2) is 0 Å². The maximum Gasteiger partial charge on any atom is 0.249 e. The predicted octanol–water partition coefficient (Wildman–Crippen LogP) is 4.70. The van der Waals surface area contributed by atoms with Gasteiger partial charge in [0.15, 0.2) is 0 Å². The summed E-state index contributed by atoms with van der Waals surface area (Å²) >= 11 is 3.62. The summed E-state index contributed by atoms with van der Waals surface area (Å²) < 4.78 is 3.30. The number of benzene rings is 3. The molecular formula is C20H15BrN2O. The zero-order chi connectivity index (χ0) is 16.7. The molecule has 0 atom stereocenters. The van der Waals surface area contributed by atoms with Gasteiger partial charge in [-0.2, -0.15) is 0 Å². The first-order chi connectivity index (χ1) is 11.7. The molecule has 0 saturated carbocycles. The molecule has 0 aliphatic rings. The highest BCUT2D eigenvalue weighted by molar-refractivity contribution is 9.10. The third-order valence-electron chi connectivity index (χ3n) is 4.35. The first-order valence-corrected chi connectivity index (χ1v) is 8.49. The number of fused-ring (bicyclic) bond motifs is 3. The van der Waals surface area contributed by atoms with E-state index in [2.05, 4.69) is 32.6 Å². The van der Waals surface area contributed by atoms with Crippen LogP contribution in [0.3, 0.4) is 0 Å². The maximum atomic E-state index is 11.9. The number of hydrogen-bond donors (Lipinski definition) is 1. The zero-order valence-corrected chi connectivity index (χ0v) is 14.5. The highest BCUT2D eigenvalue weighted by Crippen LogP contribution is 2.32. The van der Waals surface area contributed by atoms with Gasteiger partial charge in [0.25, 0.3) is 0 Å². The molecule has 3 aromatic carbocycles. The van der Waals surface area contributed by atoms with E-state index in [1.165, 1.54) is 5.56 Å². The Labute approximate surface area is 147 Å². The number of aromatic nitrogens is 1. The van der Waals surface area contributed by atoms with Gasteiger partial charge < -0.3 is 10.3 Å². The van der Waals surface area contributed by atoms with Crippen molar-refractivity contribution < 1.29 is 4.79 Å². The minimum absolute atomic E-state index is 0.399. The summed E-state index contributed by atoms with van der Waals surface area (Å²) in [7, 11) is 0. The fourth-order valence-electron chi connectivity index (χ4n) is 3.27. The van der Waals surface area contributed by atoms with Crippen LogP contribution in [0.2, 0.25) is 0 Å². The minimum Gasteiger partial charge on any atom is -0.366 e. The van der Waals surface area contributed by atoms with E-state index in [4.69, 9.17) is 5.73 Å². The van der Waals surface area contributed by atoms with E-state index in [0.717, 1.165) is 26.3 Å². The van der Waals surface area contributed by atoms with Crippen molar-refractivity contribution in [2.45, 2.75) is 6.54 Å². The van der Waals surface area contributed by atoms with Crippen LogP contribution in [0.25, 0.3) is 21.8 Å². The van der Waals surface area contributed by atoms with Gasteiger partial charge in [0.2, 0.25) is 5.91 Å². The van der Waals surface area contributed by atoms with Crippen molar-refractivity contribution in [3.8, 4) is 0 Å². The van der Waals surface area contributed by atoms with Crippen LogP contribution in [0.4, 0.5) is 0 Å². The van der Waals surface area contributed by atoms with Crippen molar-refractivity contribution in [2.24, 2.45) is 5.73 Å². The first-order valence-electron chi connectivity index (χ1n) is 7.70. The number of nitrogens with zero attached hydrogens (tertiary/aromatic N) is 1. The molecule has 3 nitrogen and oxygen atoms in total. The Balaban J connectivity index is 2.06. The fourth-order valence-corrected chi connectivity index (χ4v) is 3.68. The van der Waals surface area contributed by atoms with Crippen LogP contribution in [0.5, 0.6) is 0 Å². The Hall–Kier alpha value is -2.59. The maximum absolute atomic E-state index is 11.9. The predicted molar refractivity (Wildman–Crippen MR) is 101 cm³/mol. The normalized spacial score (nSPS) is 11.2. The van der Waals surface area contributed by atoms with E-state index < -0.39 is 5.91 Å². The smallest absolute Gasteiger partial charge is 0.249 e. The van der Waals surface area contributed by atoms with Crippen LogP contribution in [-0.4, -0.2) is 10.5 Å². The van der Waals surface area contributed by atoms with Crippen LogP contribution >= 0.6 is 15.9 Å². The SMILES string of the molecule is NC(=O)c1cccc2c1c1ccccc1n2Cc1ccccc1Br. The molecule has 1 heterocycles. The lowest BCUT2D eigenvalue weighted by molar-refractivity contribution is 0.100. The number of hydrogen-bond acceptors (Lipinski definition) is 1. The van der Waals surface area contributed by atoms with Crippen molar-refractivity contribution in [3.05, 3.63) is 82.3 Å². The molecule has 0 bridgehead atoms. The highest BCUT2D eigenvalue weighted by Gasteiger charge is 2.16. The van der Waals surface area contributed by atoms with Gasteiger partial charge >= 0.3 is 0 Å². The lowest BCUT2D eigenvalue weighted by Crippen LogP contribution is -2.11. The van der Waals surface area contributed by atoms with E-state index >= 15 is 0 Å². The van der Waals surface area contributed by atoms with Gasteiger partial charge in [0.1, 0.15) is 0 Å². The third-order valence-corrected chi connectivity index (χ3v) is 5.12. The average Bonchev–Trinajstić information content (AvgIpc) is 2.91. The Morgan fingerprint density at radius 3 is 2.42 bits per heavy atom. The molecule has 4 aromatic rings. The quantitative estimate of drug-likeness (QED) is 0.551. The summed E-state index contributed by atoms with van der Waals surface area (Å²) in [6, 6.07) is 22.0. The standard InChI is InChI=1S/C20H15BrN2O/c21-16-9-3-1-6-13(16)12-23-17-10-4-2-7-14(17)19-15(20(22)24)8-5-11-18(19)23/h1-11H,12H2,(H2,22,24). The van der Waals surface area contributed by atoms with Crippen LogP contribution in [-0.2, 0) is 6.54 Å². The molecule has 0 aliphatic heterocycles. The molecule has 2 N–H and O–H groups in total. The topological polar surface area (TPSA) is 48.0 Å². The monoisotopic (exact) mass is 378 g/mol. The van der Waals surface area contributed by atoms with Crippen LogP contribution < -0.4 is 5.73 Å². The Bertz CT molecular complexity index is 1080. The van der Waals surface area contributed by atoms with Crippen molar-refractivity contribution >= 4 is 43.6 Å². The van der Waals surface area contributed by atoms with Crippen molar-refractivity contribution in [2.75, 3.05) is 0 Å². The summed E-state index contributed by atoms with van der Waals surface area (Å²) in [5.41, 5.74) is 9.46. The second-order valence-corrected chi connectivity index (χ2v) is 6.61. The summed E-state index contributed by atoms with van der Waals surface area (Å²) in [5, 5.41) is 1.97. The summed E-state index contributed by atoms with van der Waals surface area (Å²) in [4.78, 5) is 11.9. The van der Waals surface area contributed by atoms with E-state index in [-0.39, 0.29) is 0 Å². The number of amides is 1. The molecule has 1 aromatic heterocycles. The van der Waals surface area contributed by atoms with Gasteiger partial charge in [0.05, 0.1) is 5.52 Å². The first kappa shape index (κ1) is 15.0. The second-order valence-electron chi connectivity index (χ2n) is 5.76. The Morgan fingerprint density at radius 1 is 0.917 bits per heavy atom. The fraction of sp³-hybridized carbons (Fsp3) is 0.0500. The molecule has 0 saturated heterocycles. The molecule has 0 spiro atoms. The molecule has 0 fully saturated rings. The lowest BCUT2D eigenvalue weighted by atomic mass is 10.1. The van der Waals surface area contributed by atoms with E-state index in [1.54, 1.807) is 6.07 Å². The van der Waals surface area contributed by atoms with Crippen LogP contribution in [0.1, 0.15) is 15.9 Å². The molecule has 0 radical (unpaired) electrons. The zero-order valence-electron chi connectivity index (χ0n) is 12.9. The number of rotatable bonds is 3. The average molecular weight is 379 g/mol. The molecule has 4 rings (SSSR count). The Kier molecular flexibility index (Phi) is 3.62. The van der Waals surface area contributed by atoms with Gasteiger partial charge in [-0.05, 0) is 29.8 Å². The molecule has 118 valence electrons. The van der Waals surface area contributed by atoms with Gasteiger partial charge in [-0.15, -0.1) is 0 Å². The van der Waals surface area contributed by atoms with Crippen LogP contribution in [0.15, 0.2) is 71.2 Å². The minimum atomic E-state index is -0.399. The molecule has 0 unspecified atom stereocenters. The number of halogens is 1. The lowest BCUT2D eigenvalue weighted by Gasteiger charge is -2.09. The largest absolute Gasteiger partial charge is 0.366 e. The number of carbonyl (C=O) groups excluding carboxylic acids is 1. The van der Waals surface area contributed by atoms with Crippen molar-refractivity contribution in [1.29, 1.82) is 0 Å². The summed E-state index contributed by atoms with van der Waals surface area (Å²) in [6.45, 7) is 0.716. The van der Waals surface area contributed by atoms with Gasteiger partial charge in [0, 0.05) is 32.9 Å². The number of carbonyl (C=O) groups is 1. The molecule has 0 aliphatic carbocycles. The van der Waals surface area contributed by atoms with Crippen molar-refractivity contribution in [1.82, 2.24) is 4.57 Å². The molecule has 4 heteroatoms. The Morgan fingerprint density at radius 2 is 1.62 bits per heavy atom. The summed E-state index contributed by atoms with van der Waals surface area (Å²) in [6.07, 6.45) is 0. The molecular weight excluding hydrogens is 364 g/mol. The second kappa shape index (κ2) is 5.80. The molecule has 1 amide bonds. The van der Waals surface area contributed by atoms with Crippen molar-refractivity contribution in [3.63, 3.8) is 0 Å². The molecule has 24 heavy (non-hydrogen) atoms. The van der Waals surface area contributed by atoms with Gasteiger partial charge in [-0.1, -0.05) is 58.4 Å². The van der Waals surface area contributed by atoms with Crippen LogP contribution in [0, 0.1) is 0 Å².